The van der Waals surface area contributed by atoms with Gasteiger partial charge >= 0.3 is 0 Å². The van der Waals surface area contributed by atoms with Gasteiger partial charge in [-0.05, 0) is 0 Å². The first-order valence-electron chi connectivity index (χ1n) is 5.97. The van der Waals surface area contributed by atoms with Gasteiger partial charge in [0.25, 0.3) is 0 Å². The van der Waals surface area contributed by atoms with Crippen LogP contribution in [0.25, 0.3) is 0 Å². The van der Waals surface area contributed by atoms with E-state index in [1.165, 1.54) is 0 Å². The van der Waals surface area contributed by atoms with E-state index >= 15 is 0 Å². The summed E-state index contributed by atoms with van der Waals surface area (Å²) in [6.07, 6.45) is 3.65. The van der Waals surface area contributed by atoms with Gasteiger partial charge in [-0.15, -0.1) is 0 Å². The quantitative estimate of drug-likeness (QED) is 0.405. The van der Waals surface area contributed by atoms with Crippen molar-refractivity contribution in [3.05, 3.63) is 12.2 Å². The van der Waals surface area contributed by atoms with Crippen molar-refractivity contribution in [1.29, 1.82) is 0 Å². The Bertz CT molecular complexity index is 464. The van der Waals surface area contributed by atoms with Crippen molar-refractivity contribution in [2.45, 2.75) is 0 Å². The Hall–Kier alpha value is -1.98. The summed E-state index contributed by atoms with van der Waals surface area (Å²) in [7, 11) is 0. The fourth-order valence-corrected chi connectivity index (χ4v) is 4.07. The molecule has 0 aromatic carbocycles. The highest BCUT2D eigenvalue weighted by Crippen LogP contribution is 2.54. The predicted molar refractivity (Wildman–Crippen MR) is 56.4 cm³/mol. The van der Waals surface area contributed by atoms with Crippen LogP contribution in [0.2, 0.25) is 0 Å². The van der Waals surface area contributed by atoms with Gasteiger partial charge in [0, 0.05) is 11.8 Å². The molecule has 2 bridgehead atoms. The number of allylic oxidation sites excluding steroid dienone is 2. The fraction of sp³-hybridized carbons (Fsp3) is 0.500. The topological polar surface area (TPSA) is 92.3 Å². The maximum atomic E-state index is 11.8. The average molecular weight is 246 g/mol. The first-order chi connectivity index (χ1) is 8.59. The van der Waals surface area contributed by atoms with Crippen LogP contribution in [-0.2, 0) is 19.2 Å². The maximum absolute atomic E-state index is 11.8. The van der Waals surface area contributed by atoms with Crippen molar-refractivity contribution < 1.29 is 19.2 Å². The lowest BCUT2D eigenvalue weighted by molar-refractivity contribution is -0.137. The lowest BCUT2D eigenvalue weighted by Crippen LogP contribution is -2.50. The Balaban J connectivity index is 1.88. The third-order valence-corrected chi connectivity index (χ3v) is 4.69. The van der Waals surface area contributed by atoms with Crippen LogP contribution in [0.3, 0.4) is 0 Å². The smallest absolute Gasteiger partial charge is 0.231 e. The van der Waals surface area contributed by atoms with Gasteiger partial charge in [0.15, 0.2) is 0 Å². The summed E-state index contributed by atoms with van der Waals surface area (Å²) >= 11 is 0. The zero-order valence-corrected chi connectivity index (χ0v) is 9.25. The van der Waals surface area contributed by atoms with Gasteiger partial charge in [0.05, 0.1) is 23.7 Å². The van der Waals surface area contributed by atoms with Gasteiger partial charge in [0.1, 0.15) is 0 Å². The monoisotopic (exact) mass is 246 g/mol. The van der Waals surface area contributed by atoms with Crippen molar-refractivity contribution >= 4 is 23.6 Å². The molecule has 2 N–H and O–H groups in total. The summed E-state index contributed by atoms with van der Waals surface area (Å²) in [6, 6.07) is 0. The highest BCUT2D eigenvalue weighted by atomic mass is 16.2. The number of hydrogen-bond acceptors (Lipinski definition) is 4. The van der Waals surface area contributed by atoms with E-state index < -0.39 is 23.7 Å². The number of rotatable bonds is 0. The van der Waals surface area contributed by atoms with Crippen LogP contribution in [0, 0.1) is 35.5 Å². The predicted octanol–water partition coefficient (Wildman–Crippen LogP) is -1.42. The molecule has 6 atom stereocenters. The molecule has 1 saturated carbocycles. The van der Waals surface area contributed by atoms with Crippen LogP contribution in [0.5, 0.6) is 0 Å². The number of imide groups is 2. The summed E-state index contributed by atoms with van der Waals surface area (Å²) in [4.78, 5) is 47.2. The Morgan fingerprint density at radius 1 is 0.611 bits per heavy atom. The molecule has 2 saturated heterocycles. The molecule has 0 spiro atoms. The highest BCUT2D eigenvalue weighted by Gasteiger charge is 2.65. The number of carbonyl (C=O) groups is 4. The molecule has 2 aliphatic heterocycles. The third kappa shape index (κ3) is 0.913. The Labute approximate surface area is 102 Å². The number of nitrogens with one attached hydrogen (secondary N) is 2. The van der Waals surface area contributed by atoms with Gasteiger partial charge in [-0.25, -0.2) is 0 Å². The SMILES string of the molecule is O=C1NC(=O)[C@H]2C3C=CC([C@@H]12)[C@@H]1C(=O)NC(=O)[C@H]31. The molecule has 4 amide bonds. The Morgan fingerprint density at radius 2 is 0.889 bits per heavy atom. The van der Waals surface area contributed by atoms with E-state index in [9.17, 15) is 19.2 Å². The molecule has 6 nitrogen and oxygen atoms in total. The molecule has 18 heavy (non-hydrogen) atoms. The van der Waals surface area contributed by atoms with Gasteiger partial charge in [0.2, 0.25) is 23.6 Å². The Morgan fingerprint density at radius 3 is 1.17 bits per heavy atom. The largest absolute Gasteiger partial charge is 0.296 e. The number of carbonyl (C=O) groups excluding carboxylic acids is 4. The normalized spacial score (nSPS) is 48.0. The van der Waals surface area contributed by atoms with Crippen molar-refractivity contribution in [3.63, 3.8) is 0 Å². The zero-order valence-electron chi connectivity index (χ0n) is 9.25. The van der Waals surface area contributed by atoms with Crippen molar-refractivity contribution in [2.75, 3.05) is 0 Å². The van der Waals surface area contributed by atoms with Gasteiger partial charge in [-0.3, -0.25) is 29.8 Å². The molecule has 0 aromatic heterocycles. The van der Waals surface area contributed by atoms with Crippen LogP contribution in [0.1, 0.15) is 0 Å². The summed E-state index contributed by atoms with van der Waals surface area (Å²) in [5.74, 6) is -3.83. The number of hydrogen-bond donors (Lipinski definition) is 2. The summed E-state index contributed by atoms with van der Waals surface area (Å²) < 4.78 is 0. The third-order valence-electron chi connectivity index (χ3n) is 4.69. The first-order valence-corrected chi connectivity index (χ1v) is 5.97. The lowest BCUT2D eigenvalue weighted by atomic mass is 9.54. The lowest BCUT2D eigenvalue weighted by Gasteiger charge is -2.44. The van der Waals surface area contributed by atoms with E-state index in [1.807, 2.05) is 12.2 Å². The van der Waals surface area contributed by atoms with Crippen LogP contribution in [0.15, 0.2) is 12.2 Å². The molecule has 2 unspecified atom stereocenters. The second kappa shape index (κ2) is 2.88. The molecule has 2 heterocycles. The van der Waals surface area contributed by atoms with Crippen LogP contribution >= 0.6 is 0 Å². The van der Waals surface area contributed by atoms with Crippen molar-refractivity contribution in [1.82, 2.24) is 10.6 Å². The van der Waals surface area contributed by atoms with Crippen LogP contribution < -0.4 is 10.6 Å². The molecule has 6 heteroatoms. The second-order valence-corrected chi connectivity index (χ2v) is 5.35. The average Bonchev–Trinajstić information content (AvgIpc) is 2.81. The molecule has 3 fully saturated rings. The van der Waals surface area contributed by atoms with Crippen LogP contribution in [-0.4, -0.2) is 23.6 Å². The molecule has 5 rings (SSSR count). The molecular weight excluding hydrogens is 236 g/mol. The maximum Gasteiger partial charge on any atom is 0.231 e. The summed E-state index contributed by atoms with van der Waals surface area (Å²) in [6.45, 7) is 0. The first kappa shape index (κ1) is 9.99. The summed E-state index contributed by atoms with van der Waals surface area (Å²) in [5.41, 5.74) is 0. The molecule has 92 valence electrons. The Kier molecular flexibility index (Phi) is 1.60. The van der Waals surface area contributed by atoms with E-state index in [2.05, 4.69) is 10.6 Å². The summed E-state index contributed by atoms with van der Waals surface area (Å²) in [5, 5.41) is 4.64. The van der Waals surface area contributed by atoms with E-state index in [0.29, 0.717) is 0 Å². The second-order valence-electron chi connectivity index (χ2n) is 5.35. The fourth-order valence-electron chi connectivity index (χ4n) is 4.07. The minimum Gasteiger partial charge on any atom is -0.296 e. The van der Waals surface area contributed by atoms with Crippen molar-refractivity contribution in [2.24, 2.45) is 35.5 Å². The molecule has 0 radical (unpaired) electrons. The number of amides is 4. The van der Waals surface area contributed by atoms with Gasteiger partial charge in [-0.2, -0.15) is 0 Å². The minimum absolute atomic E-state index is 0.310. The highest BCUT2D eigenvalue weighted by molar-refractivity contribution is 6.10. The van der Waals surface area contributed by atoms with Crippen LogP contribution in [0.4, 0.5) is 0 Å². The van der Waals surface area contributed by atoms with E-state index in [-0.39, 0.29) is 35.5 Å². The molecular formula is C12H10N2O4. The van der Waals surface area contributed by atoms with E-state index in [0.717, 1.165) is 0 Å². The van der Waals surface area contributed by atoms with Gasteiger partial charge in [-0.1, -0.05) is 12.2 Å². The minimum atomic E-state index is -0.481. The molecule has 3 aliphatic carbocycles. The van der Waals surface area contributed by atoms with E-state index in [4.69, 9.17) is 0 Å². The molecule has 0 aromatic rings. The standard InChI is InChI=1S/C12H10N2O4/c15-9-5-3-1-2-4(7(5)11(17)13-9)8-6(3)10(16)14-12(8)18/h1-8H,(H,13,15,17)(H,14,16,18)/t3?,4?,5-,6+,7+,8-. The molecule has 5 aliphatic rings. The van der Waals surface area contributed by atoms with E-state index in [1.54, 1.807) is 0 Å². The van der Waals surface area contributed by atoms with Crippen molar-refractivity contribution in [3.8, 4) is 0 Å². The zero-order chi connectivity index (χ0) is 12.6. The van der Waals surface area contributed by atoms with Gasteiger partial charge < -0.3 is 0 Å².